The van der Waals surface area contributed by atoms with Crippen molar-refractivity contribution in [3.63, 3.8) is 0 Å². The predicted octanol–water partition coefficient (Wildman–Crippen LogP) is 1.90. The van der Waals surface area contributed by atoms with Gasteiger partial charge in [0, 0.05) is 19.0 Å². The van der Waals surface area contributed by atoms with Crippen LogP contribution in [0.1, 0.15) is 19.8 Å². The molecule has 0 unspecified atom stereocenters. The zero-order chi connectivity index (χ0) is 21.2. The molecule has 0 bridgehead atoms. The molecule has 1 saturated carbocycles. The number of benzene rings is 2. The fraction of sp³-hybridized carbons (Fsp3) is 0.278. The minimum Gasteiger partial charge on any atom is -0.494 e. The van der Waals surface area contributed by atoms with Crippen molar-refractivity contribution in [2.24, 2.45) is 0 Å². The monoisotopic (exact) mass is 439 g/mol. The Balaban J connectivity index is 1.79. The molecule has 1 aliphatic carbocycles. The number of hydrogen-bond acceptors (Lipinski definition) is 6. The number of amides is 1. The fourth-order valence-electron chi connectivity index (χ4n) is 2.55. The van der Waals surface area contributed by atoms with E-state index in [4.69, 9.17) is 4.74 Å². The Morgan fingerprint density at radius 3 is 2.07 bits per heavy atom. The number of nitrogens with one attached hydrogen (secondary N) is 3. The van der Waals surface area contributed by atoms with Crippen LogP contribution in [0.4, 0.5) is 11.4 Å². The van der Waals surface area contributed by atoms with Gasteiger partial charge in [0.15, 0.2) is 0 Å². The standard InChI is InChI=1S/C18H21N3O6S2/c1-12(22)19-17-10-5-14(11-18(17)27-2)21-29(25,26)16-8-6-15(7-9-16)28(23,24)20-13-3-4-13/h5-11,13,20-21H,3-4H2,1-2H3,(H,19,22). The van der Waals surface area contributed by atoms with Crippen LogP contribution in [0.25, 0.3) is 0 Å². The van der Waals surface area contributed by atoms with Crippen molar-refractivity contribution in [3.05, 3.63) is 42.5 Å². The molecule has 156 valence electrons. The largest absolute Gasteiger partial charge is 0.494 e. The molecule has 0 spiro atoms. The molecule has 29 heavy (non-hydrogen) atoms. The second-order valence-electron chi connectivity index (χ2n) is 6.57. The molecule has 1 amide bonds. The third-order valence-electron chi connectivity index (χ3n) is 4.11. The van der Waals surface area contributed by atoms with Gasteiger partial charge >= 0.3 is 0 Å². The molecule has 1 aliphatic rings. The SMILES string of the molecule is COc1cc(NS(=O)(=O)c2ccc(S(=O)(=O)NC3CC3)cc2)ccc1NC(C)=O. The van der Waals surface area contributed by atoms with Crippen molar-refractivity contribution in [2.75, 3.05) is 17.1 Å². The average Bonchev–Trinajstić information content (AvgIpc) is 3.45. The van der Waals surface area contributed by atoms with Gasteiger partial charge in [0.1, 0.15) is 5.75 Å². The first-order valence-corrected chi connectivity index (χ1v) is 11.7. The molecule has 1 fully saturated rings. The van der Waals surface area contributed by atoms with Gasteiger partial charge in [0.2, 0.25) is 15.9 Å². The summed E-state index contributed by atoms with van der Waals surface area (Å²) in [5.74, 6) is -0.00385. The average molecular weight is 440 g/mol. The molecular formula is C18H21N3O6S2. The van der Waals surface area contributed by atoms with E-state index < -0.39 is 20.0 Å². The van der Waals surface area contributed by atoms with Crippen LogP contribution < -0.4 is 19.5 Å². The van der Waals surface area contributed by atoms with Gasteiger partial charge in [-0.15, -0.1) is 0 Å². The van der Waals surface area contributed by atoms with Gasteiger partial charge in [-0.05, 0) is 49.2 Å². The van der Waals surface area contributed by atoms with Gasteiger partial charge in [0.05, 0.1) is 28.3 Å². The summed E-state index contributed by atoms with van der Waals surface area (Å²) >= 11 is 0. The van der Waals surface area contributed by atoms with E-state index in [-0.39, 0.29) is 33.2 Å². The highest BCUT2D eigenvalue weighted by Crippen LogP contribution is 2.29. The van der Waals surface area contributed by atoms with Gasteiger partial charge in [-0.3, -0.25) is 9.52 Å². The lowest BCUT2D eigenvalue weighted by atomic mass is 10.2. The van der Waals surface area contributed by atoms with Crippen molar-refractivity contribution in [3.8, 4) is 5.75 Å². The van der Waals surface area contributed by atoms with E-state index in [1.807, 2.05) is 0 Å². The molecule has 0 atom stereocenters. The highest BCUT2D eigenvalue weighted by Gasteiger charge is 2.28. The summed E-state index contributed by atoms with van der Waals surface area (Å²) in [4.78, 5) is 11.1. The quantitative estimate of drug-likeness (QED) is 0.576. The maximum Gasteiger partial charge on any atom is 0.261 e. The summed E-state index contributed by atoms with van der Waals surface area (Å²) in [5.41, 5.74) is 0.628. The third kappa shape index (κ3) is 5.25. The zero-order valence-corrected chi connectivity index (χ0v) is 17.4. The number of ether oxygens (including phenoxy) is 1. The van der Waals surface area contributed by atoms with Crippen LogP contribution in [0.3, 0.4) is 0 Å². The Morgan fingerprint density at radius 2 is 1.55 bits per heavy atom. The van der Waals surface area contributed by atoms with Crippen molar-refractivity contribution in [1.82, 2.24) is 4.72 Å². The molecular weight excluding hydrogens is 418 g/mol. The van der Waals surface area contributed by atoms with Crippen molar-refractivity contribution in [2.45, 2.75) is 35.6 Å². The summed E-state index contributed by atoms with van der Waals surface area (Å²) in [6.45, 7) is 1.35. The van der Waals surface area contributed by atoms with E-state index in [0.717, 1.165) is 12.8 Å². The van der Waals surface area contributed by atoms with Crippen molar-refractivity contribution in [1.29, 1.82) is 0 Å². The molecule has 2 aromatic rings. The minimum atomic E-state index is -3.96. The molecule has 3 N–H and O–H groups in total. The van der Waals surface area contributed by atoms with Crippen LogP contribution in [-0.4, -0.2) is 35.9 Å². The van der Waals surface area contributed by atoms with Crippen molar-refractivity contribution < 1.29 is 26.4 Å². The maximum atomic E-state index is 12.6. The van der Waals surface area contributed by atoms with Crippen LogP contribution >= 0.6 is 0 Å². The number of methoxy groups -OCH3 is 1. The molecule has 0 saturated heterocycles. The highest BCUT2D eigenvalue weighted by atomic mass is 32.2. The third-order valence-corrected chi connectivity index (χ3v) is 7.04. The number of sulfonamides is 2. The van der Waals surface area contributed by atoms with E-state index >= 15 is 0 Å². The number of hydrogen-bond donors (Lipinski definition) is 3. The predicted molar refractivity (Wildman–Crippen MR) is 108 cm³/mol. The van der Waals surface area contributed by atoms with E-state index in [1.54, 1.807) is 0 Å². The van der Waals surface area contributed by atoms with Gasteiger partial charge in [-0.2, -0.15) is 0 Å². The number of carbonyl (C=O) groups is 1. The first-order chi connectivity index (χ1) is 13.6. The van der Waals surface area contributed by atoms with Crippen LogP contribution in [-0.2, 0) is 24.8 Å². The number of carbonyl (C=O) groups excluding carboxylic acids is 1. The highest BCUT2D eigenvalue weighted by molar-refractivity contribution is 7.92. The fourth-order valence-corrected chi connectivity index (χ4v) is 4.90. The lowest BCUT2D eigenvalue weighted by molar-refractivity contribution is -0.114. The normalized spacial score (nSPS) is 14.3. The first-order valence-electron chi connectivity index (χ1n) is 8.71. The van der Waals surface area contributed by atoms with Gasteiger partial charge in [0.25, 0.3) is 10.0 Å². The van der Waals surface area contributed by atoms with Gasteiger partial charge in [-0.1, -0.05) is 0 Å². The van der Waals surface area contributed by atoms with Crippen LogP contribution in [0, 0.1) is 0 Å². The molecule has 0 aromatic heterocycles. The summed E-state index contributed by atoms with van der Waals surface area (Å²) < 4.78 is 59.8. The second kappa shape index (κ2) is 8.01. The Labute approximate surface area is 169 Å². The van der Waals surface area contributed by atoms with Crippen molar-refractivity contribution >= 4 is 37.3 Å². The van der Waals surface area contributed by atoms with E-state index in [1.165, 1.54) is 56.5 Å². The van der Waals surface area contributed by atoms with Gasteiger partial charge in [-0.25, -0.2) is 21.6 Å². The summed E-state index contributed by atoms with van der Waals surface area (Å²) in [5, 5.41) is 2.58. The maximum absolute atomic E-state index is 12.6. The van der Waals surface area contributed by atoms with Crippen LogP contribution in [0.15, 0.2) is 52.3 Å². The van der Waals surface area contributed by atoms with Crippen LogP contribution in [0.2, 0.25) is 0 Å². The first kappa shape index (κ1) is 21.1. The topological polar surface area (TPSA) is 131 Å². The number of anilines is 2. The Bertz CT molecular complexity index is 1120. The lowest BCUT2D eigenvalue weighted by Crippen LogP contribution is -2.25. The van der Waals surface area contributed by atoms with E-state index in [0.29, 0.717) is 5.69 Å². The molecule has 0 aliphatic heterocycles. The summed E-state index contributed by atoms with van der Waals surface area (Å²) in [6.07, 6.45) is 1.61. The van der Waals surface area contributed by atoms with Crippen LogP contribution in [0.5, 0.6) is 5.75 Å². The lowest BCUT2D eigenvalue weighted by Gasteiger charge is -2.13. The second-order valence-corrected chi connectivity index (χ2v) is 9.97. The smallest absolute Gasteiger partial charge is 0.261 e. The minimum absolute atomic E-state index is 0.00433. The number of rotatable bonds is 8. The van der Waals surface area contributed by atoms with E-state index in [9.17, 15) is 21.6 Å². The molecule has 3 rings (SSSR count). The molecule has 2 aromatic carbocycles. The zero-order valence-electron chi connectivity index (χ0n) is 15.8. The molecule has 11 heteroatoms. The molecule has 0 heterocycles. The van der Waals surface area contributed by atoms with E-state index in [2.05, 4.69) is 14.8 Å². The van der Waals surface area contributed by atoms with Gasteiger partial charge < -0.3 is 10.1 Å². The molecule has 9 nitrogen and oxygen atoms in total. The summed E-state index contributed by atoms with van der Waals surface area (Å²) in [7, 11) is -6.22. The molecule has 0 radical (unpaired) electrons. The Morgan fingerprint density at radius 1 is 0.966 bits per heavy atom. The summed E-state index contributed by atoms with van der Waals surface area (Å²) in [6, 6.07) is 9.33. The Hall–Kier alpha value is -2.63. The Kier molecular flexibility index (Phi) is 5.82.